The van der Waals surface area contributed by atoms with Crippen molar-refractivity contribution in [2.75, 3.05) is 10.6 Å². The summed E-state index contributed by atoms with van der Waals surface area (Å²) < 4.78 is 0. The number of phenols is 2. The summed E-state index contributed by atoms with van der Waals surface area (Å²) in [5.41, 5.74) is 9.23. The number of hydrogen-bond donors (Lipinski definition) is 3. The molecule has 3 aromatic rings. The molecule has 3 rings (SSSR count). The van der Waals surface area contributed by atoms with E-state index in [4.69, 9.17) is 5.73 Å². The Morgan fingerprint density at radius 1 is 0.636 bits per heavy atom. The third-order valence-electron chi connectivity index (χ3n) is 3.34. The van der Waals surface area contributed by atoms with E-state index in [1.807, 2.05) is 53.4 Å². The van der Waals surface area contributed by atoms with E-state index in [0.717, 1.165) is 17.1 Å². The molecule has 0 saturated heterocycles. The van der Waals surface area contributed by atoms with Crippen LogP contribution in [-0.4, -0.2) is 10.2 Å². The van der Waals surface area contributed by atoms with E-state index < -0.39 is 0 Å². The maximum absolute atomic E-state index is 9.49. The van der Waals surface area contributed by atoms with E-state index in [-0.39, 0.29) is 11.5 Å². The van der Waals surface area contributed by atoms with Crippen molar-refractivity contribution in [3.05, 3.63) is 72.8 Å². The Kier molecular flexibility index (Phi) is 3.58. The summed E-state index contributed by atoms with van der Waals surface area (Å²) in [6, 6.07) is 21.4. The Labute approximate surface area is 128 Å². The second-order valence-electron chi connectivity index (χ2n) is 4.96. The van der Waals surface area contributed by atoms with Gasteiger partial charge in [-0.05, 0) is 66.7 Å². The fourth-order valence-electron chi connectivity index (χ4n) is 2.31. The van der Waals surface area contributed by atoms with Crippen LogP contribution in [-0.2, 0) is 0 Å². The first kappa shape index (κ1) is 13.8. The lowest BCUT2D eigenvalue weighted by Gasteiger charge is -2.25. The van der Waals surface area contributed by atoms with Crippen molar-refractivity contribution >= 4 is 22.7 Å². The molecular weight excluding hydrogens is 276 g/mol. The van der Waals surface area contributed by atoms with Gasteiger partial charge in [0.05, 0.1) is 0 Å². The molecule has 0 aromatic heterocycles. The van der Waals surface area contributed by atoms with Crippen molar-refractivity contribution in [3.63, 3.8) is 0 Å². The molecule has 3 aromatic carbocycles. The zero-order chi connectivity index (χ0) is 15.5. The van der Waals surface area contributed by atoms with Crippen LogP contribution >= 0.6 is 0 Å². The number of anilines is 4. The molecule has 0 fully saturated rings. The minimum Gasteiger partial charge on any atom is -0.508 e. The number of benzene rings is 3. The molecule has 22 heavy (non-hydrogen) atoms. The van der Waals surface area contributed by atoms with Crippen LogP contribution in [0.1, 0.15) is 0 Å². The Hall–Kier alpha value is -3.14. The van der Waals surface area contributed by atoms with Gasteiger partial charge in [0.1, 0.15) is 11.5 Å². The van der Waals surface area contributed by atoms with Gasteiger partial charge in [-0.3, -0.25) is 0 Å². The van der Waals surface area contributed by atoms with Gasteiger partial charge in [0.25, 0.3) is 0 Å². The van der Waals surface area contributed by atoms with Crippen LogP contribution in [0.3, 0.4) is 0 Å². The SMILES string of the molecule is Nc1cccc(N(c2ccc(O)cc2)c2ccc(O)cc2)c1. The van der Waals surface area contributed by atoms with Crippen LogP contribution in [0.2, 0.25) is 0 Å². The molecule has 0 amide bonds. The van der Waals surface area contributed by atoms with Gasteiger partial charge in [-0.25, -0.2) is 0 Å². The van der Waals surface area contributed by atoms with Crippen LogP contribution in [0.25, 0.3) is 0 Å². The van der Waals surface area contributed by atoms with E-state index in [0.29, 0.717) is 5.69 Å². The maximum Gasteiger partial charge on any atom is 0.115 e. The number of aromatic hydroxyl groups is 2. The smallest absolute Gasteiger partial charge is 0.115 e. The molecule has 0 radical (unpaired) electrons. The predicted molar refractivity (Wildman–Crippen MR) is 88.9 cm³/mol. The average molecular weight is 292 g/mol. The number of nitrogen functional groups attached to an aromatic ring is 1. The van der Waals surface area contributed by atoms with Crippen LogP contribution in [0.15, 0.2) is 72.8 Å². The van der Waals surface area contributed by atoms with Gasteiger partial charge in [0, 0.05) is 22.7 Å². The van der Waals surface area contributed by atoms with Crippen molar-refractivity contribution < 1.29 is 10.2 Å². The van der Waals surface area contributed by atoms with Crippen molar-refractivity contribution in [2.24, 2.45) is 0 Å². The van der Waals surface area contributed by atoms with E-state index >= 15 is 0 Å². The van der Waals surface area contributed by atoms with Crippen molar-refractivity contribution in [1.29, 1.82) is 0 Å². The van der Waals surface area contributed by atoms with Crippen molar-refractivity contribution in [3.8, 4) is 11.5 Å². The molecule has 0 atom stereocenters. The maximum atomic E-state index is 9.49. The standard InChI is InChI=1S/C18H16N2O2/c19-13-2-1-3-16(12-13)20(14-4-8-17(21)9-5-14)15-6-10-18(22)11-7-15/h1-12,21-22H,19H2. The lowest BCUT2D eigenvalue weighted by Crippen LogP contribution is -2.09. The number of hydrogen-bond acceptors (Lipinski definition) is 4. The molecule has 0 aliphatic heterocycles. The van der Waals surface area contributed by atoms with Gasteiger partial charge < -0.3 is 20.8 Å². The van der Waals surface area contributed by atoms with Gasteiger partial charge in [-0.15, -0.1) is 0 Å². The predicted octanol–water partition coefficient (Wildman–Crippen LogP) is 4.15. The molecule has 4 nitrogen and oxygen atoms in total. The zero-order valence-electron chi connectivity index (χ0n) is 11.8. The van der Waals surface area contributed by atoms with Crippen LogP contribution in [0.5, 0.6) is 11.5 Å². The summed E-state index contributed by atoms with van der Waals surface area (Å²) in [7, 11) is 0. The minimum absolute atomic E-state index is 0.210. The van der Waals surface area contributed by atoms with Crippen LogP contribution < -0.4 is 10.6 Å². The second kappa shape index (κ2) is 5.69. The average Bonchev–Trinajstić information content (AvgIpc) is 2.51. The molecule has 0 aliphatic rings. The van der Waals surface area contributed by atoms with E-state index in [1.165, 1.54) is 0 Å². The first-order valence-electron chi connectivity index (χ1n) is 6.87. The third-order valence-corrected chi connectivity index (χ3v) is 3.34. The molecule has 0 saturated carbocycles. The van der Waals surface area contributed by atoms with Gasteiger partial charge >= 0.3 is 0 Å². The molecule has 0 aliphatic carbocycles. The Morgan fingerprint density at radius 3 is 1.59 bits per heavy atom. The summed E-state index contributed by atoms with van der Waals surface area (Å²) >= 11 is 0. The molecule has 0 heterocycles. The lowest BCUT2D eigenvalue weighted by atomic mass is 10.1. The highest BCUT2D eigenvalue weighted by atomic mass is 16.3. The minimum atomic E-state index is 0.210. The molecule has 4 N–H and O–H groups in total. The molecule has 0 bridgehead atoms. The highest BCUT2D eigenvalue weighted by Crippen LogP contribution is 2.36. The molecule has 0 unspecified atom stereocenters. The van der Waals surface area contributed by atoms with Gasteiger partial charge in [0.15, 0.2) is 0 Å². The summed E-state index contributed by atoms with van der Waals surface area (Å²) in [6.07, 6.45) is 0. The number of phenolic OH excluding ortho intramolecular Hbond substituents is 2. The first-order chi connectivity index (χ1) is 10.6. The van der Waals surface area contributed by atoms with Crippen molar-refractivity contribution in [1.82, 2.24) is 0 Å². The van der Waals surface area contributed by atoms with Gasteiger partial charge in [-0.2, -0.15) is 0 Å². The zero-order valence-corrected chi connectivity index (χ0v) is 11.8. The summed E-state index contributed by atoms with van der Waals surface area (Å²) in [5, 5.41) is 19.0. The highest BCUT2D eigenvalue weighted by molar-refractivity contribution is 5.78. The summed E-state index contributed by atoms with van der Waals surface area (Å²) in [4.78, 5) is 2.00. The monoisotopic (exact) mass is 292 g/mol. The van der Waals surface area contributed by atoms with Crippen molar-refractivity contribution in [2.45, 2.75) is 0 Å². The Bertz CT molecular complexity index is 722. The normalized spacial score (nSPS) is 10.4. The second-order valence-corrected chi connectivity index (χ2v) is 4.96. The molecule has 110 valence electrons. The largest absolute Gasteiger partial charge is 0.508 e. The summed E-state index contributed by atoms with van der Waals surface area (Å²) in [5.74, 6) is 0.420. The Balaban J connectivity index is 2.13. The number of rotatable bonds is 3. The fourth-order valence-corrected chi connectivity index (χ4v) is 2.31. The third kappa shape index (κ3) is 2.81. The molecule has 4 heteroatoms. The molecule has 0 spiro atoms. The Morgan fingerprint density at radius 2 is 1.14 bits per heavy atom. The van der Waals surface area contributed by atoms with Crippen LogP contribution in [0.4, 0.5) is 22.7 Å². The van der Waals surface area contributed by atoms with E-state index in [2.05, 4.69) is 0 Å². The lowest BCUT2D eigenvalue weighted by molar-refractivity contribution is 0.475. The number of nitrogens with zero attached hydrogens (tertiary/aromatic N) is 1. The quantitative estimate of drug-likeness (QED) is 0.634. The van der Waals surface area contributed by atoms with E-state index in [9.17, 15) is 10.2 Å². The summed E-state index contributed by atoms with van der Waals surface area (Å²) in [6.45, 7) is 0. The number of nitrogens with two attached hydrogens (primary N) is 1. The molecular formula is C18H16N2O2. The topological polar surface area (TPSA) is 69.7 Å². The van der Waals surface area contributed by atoms with E-state index in [1.54, 1.807) is 24.3 Å². The van der Waals surface area contributed by atoms with Gasteiger partial charge in [0.2, 0.25) is 0 Å². The first-order valence-corrected chi connectivity index (χ1v) is 6.87. The highest BCUT2D eigenvalue weighted by Gasteiger charge is 2.12. The fraction of sp³-hybridized carbons (Fsp3) is 0. The van der Waals surface area contributed by atoms with Crippen LogP contribution in [0, 0.1) is 0 Å². The van der Waals surface area contributed by atoms with Gasteiger partial charge in [-0.1, -0.05) is 6.07 Å².